The van der Waals surface area contributed by atoms with E-state index in [1.54, 1.807) is 9.36 Å². The summed E-state index contributed by atoms with van der Waals surface area (Å²) in [5.74, 6) is 0.463. The SMILES string of the molecule is Cc1nn(C)c(Cl)c1Cn1nnc(N)c1C(C)(C)C. The molecule has 2 heterocycles. The molecule has 0 aromatic carbocycles. The number of aryl methyl sites for hydroxylation is 2. The van der Waals surface area contributed by atoms with Crippen molar-refractivity contribution in [2.24, 2.45) is 7.05 Å². The molecule has 19 heavy (non-hydrogen) atoms. The number of rotatable bonds is 2. The van der Waals surface area contributed by atoms with E-state index in [4.69, 9.17) is 17.3 Å². The summed E-state index contributed by atoms with van der Waals surface area (Å²) in [5, 5.41) is 13.0. The van der Waals surface area contributed by atoms with Crippen molar-refractivity contribution < 1.29 is 0 Å². The Bertz CT molecular complexity index is 604. The predicted octanol–water partition coefficient (Wildman–Crippen LogP) is 1.90. The first-order valence-corrected chi connectivity index (χ1v) is 6.47. The molecule has 2 aromatic heterocycles. The first-order chi connectivity index (χ1) is 8.71. The maximum absolute atomic E-state index is 6.25. The minimum Gasteiger partial charge on any atom is -0.381 e. The van der Waals surface area contributed by atoms with Crippen molar-refractivity contribution in [2.45, 2.75) is 39.7 Å². The van der Waals surface area contributed by atoms with Crippen LogP contribution in [0.2, 0.25) is 5.15 Å². The maximum Gasteiger partial charge on any atom is 0.169 e. The molecule has 0 aliphatic rings. The van der Waals surface area contributed by atoms with Crippen molar-refractivity contribution in [1.82, 2.24) is 24.8 Å². The fourth-order valence-electron chi connectivity index (χ4n) is 2.21. The number of nitrogens with zero attached hydrogens (tertiary/aromatic N) is 5. The molecule has 104 valence electrons. The van der Waals surface area contributed by atoms with Crippen LogP contribution in [-0.2, 0) is 19.0 Å². The van der Waals surface area contributed by atoms with Crippen LogP contribution in [0, 0.1) is 6.92 Å². The van der Waals surface area contributed by atoms with Gasteiger partial charge in [-0.2, -0.15) is 5.10 Å². The zero-order valence-electron chi connectivity index (χ0n) is 11.9. The third kappa shape index (κ3) is 2.45. The quantitative estimate of drug-likeness (QED) is 0.913. The number of nitrogen functional groups attached to an aromatic ring is 1. The van der Waals surface area contributed by atoms with Crippen LogP contribution in [0.4, 0.5) is 5.82 Å². The second-order valence-corrected chi connectivity index (χ2v) is 6.07. The summed E-state index contributed by atoms with van der Waals surface area (Å²) in [6.07, 6.45) is 0. The van der Waals surface area contributed by atoms with Crippen LogP contribution in [0.1, 0.15) is 37.7 Å². The Morgan fingerprint density at radius 3 is 2.42 bits per heavy atom. The highest BCUT2D eigenvalue weighted by atomic mass is 35.5. The largest absolute Gasteiger partial charge is 0.381 e. The van der Waals surface area contributed by atoms with E-state index in [1.807, 2.05) is 14.0 Å². The molecule has 2 N–H and O–H groups in total. The van der Waals surface area contributed by atoms with Crippen LogP contribution >= 0.6 is 11.6 Å². The molecule has 0 spiro atoms. The Hall–Kier alpha value is -1.56. The Kier molecular flexibility index (Phi) is 3.30. The second kappa shape index (κ2) is 4.52. The molecule has 7 heteroatoms. The van der Waals surface area contributed by atoms with Crippen LogP contribution in [0.15, 0.2) is 0 Å². The van der Waals surface area contributed by atoms with Gasteiger partial charge in [-0.3, -0.25) is 4.68 Å². The van der Waals surface area contributed by atoms with Gasteiger partial charge in [-0.1, -0.05) is 37.6 Å². The molecule has 0 unspecified atom stereocenters. The number of hydrogen-bond acceptors (Lipinski definition) is 4. The van der Waals surface area contributed by atoms with Gasteiger partial charge in [0.25, 0.3) is 0 Å². The highest BCUT2D eigenvalue weighted by Crippen LogP contribution is 2.28. The van der Waals surface area contributed by atoms with Gasteiger partial charge in [0.15, 0.2) is 5.82 Å². The number of hydrogen-bond donors (Lipinski definition) is 1. The highest BCUT2D eigenvalue weighted by molar-refractivity contribution is 6.30. The third-order valence-corrected chi connectivity index (χ3v) is 3.52. The Labute approximate surface area is 117 Å². The van der Waals surface area contributed by atoms with Gasteiger partial charge < -0.3 is 5.73 Å². The van der Waals surface area contributed by atoms with E-state index < -0.39 is 0 Å². The first-order valence-electron chi connectivity index (χ1n) is 6.09. The molecule has 0 atom stereocenters. The minimum atomic E-state index is -0.129. The normalized spacial score (nSPS) is 12.1. The molecule has 6 nitrogen and oxygen atoms in total. The van der Waals surface area contributed by atoms with Gasteiger partial charge >= 0.3 is 0 Å². The monoisotopic (exact) mass is 282 g/mol. The summed E-state index contributed by atoms with van der Waals surface area (Å²) in [6.45, 7) is 8.69. The van der Waals surface area contributed by atoms with Gasteiger partial charge in [0.2, 0.25) is 0 Å². The minimum absolute atomic E-state index is 0.129. The zero-order chi connectivity index (χ0) is 14.4. The Morgan fingerprint density at radius 2 is 1.95 bits per heavy atom. The summed E-state index contributed by atoms with van der Waals surface area (Å²) in [7, 11) is 1.82. The number of nitrogens with two attached hydrogens (primary N) is 1. The summed E-state index contributed by atoms with van der Waals surface area (Å²) in [5.41, 5.74) is 8.53. The van der Waals surface area contributed by atoms with Gasteiger partial charge in [0.05, 0.1) is 17.9 Å². The molecule has 0 bridgehead atoms. The number of aromatic nitrogens is 5. The third-order valence-electron chi connectivity index (χ3n) is 3.05. The highest BCUT2D eigenvalue weighted by Gasteiger charge is 2.25. The van der Waals surface area contributed by atoms with Crippen LogP contribution in [0.5, 0.6) is 0 Å². The van der Waals surface area contributed by atoms with Gasteiger partial charge in [-0.05, 0) is 6.92 Å². The van der Waals surface area contributed by atoms with Crippen molar-refractivity contribution in [3.63, 3.8) is 0 Å². The molecule has 2 aromatic rings. The van der Waals surface area contributed by atoms with Crippen molar-refractivity contribution in [1.29, 1.82) is 0 Å². The summed E-state index contributed by atoms with van der Waals surface area (Å²) in [6, 6.07) is 0. The van der Waals surface area contributed by atoms with E-state index in [9.17, 15) is 0 Å². The van der Waals surface area contributed by atoms with Crippen molar-refractivity contribution in [3.8, 4) is 0 Å². The lowest BCUT2D eigenvalue weighted by molar-refractivity contribution is 0.502. The molecule has 0 aliphatic carbocycles. The van der Waals surface area contributed by atoms with Crippen molar-refractivity contribution in [2.75, 3.05) is 5.73 Å². The lowest BCUT2D eigenvalue weighted by Crippen LogP contribution is -2.20. The Balaban J connectivity index is 2.45. The molecular formula is C12H19ClN6. The van der Waals surface area contributed by atoms with Crippen LogP contribution in [-0.4, -0.2) is 24.8 Å². The van der Waals surface area contributed by atoms with E-state index in [0.29, 0.717) is 17.5 Å². The first kappa shape index (κ1) is 13.9. The average molecular weight is 283 g/mol. The van der Waals surface area contributed by atoms with E-state index in [2.05, 4.69) is 36.2 Å². The molecule has 0 saturated heterocycles. The molecule has 0 amide bonds. The number of halogens is 1. The van der Waals surface area contributed by atoms with E-state index >= 15 is 0 Å². The summed E-state index contributed by atoms with van der Waals surface area (Å²) >= 11 is 6.25. The molecule has 0 fully saturated rings. The van der Waals surface area contributed by atoms with E-state index in [-0.39, 0.29) is 5.41 Å². The number of anilines is 1. The fourth-order valence-corrected chi connectivity index (χ4v) is 2.45. The maximum atomic E-state index is 6.25. The molecular weight excluding hydrogens is 264 g/mol. The lowest BCUT2D eigenvalue weighted by Gasteiger charge is -2.20. The van der Waals surface area contributed by atoms with Crippen molar-refractivity contribution >= 4 is 17.4 Å². The van der Waals surface area contributed by atoms with Crippen LogP contribution < -0.4 is 5.73 Å². The topological polar surface area (TPSA) is 74.5 Å². The van der Waals surface area contributed by atoms with Gasteiger partial charge in [-0.25, -0.2) is 4.68 Å². The summed E-state index contributed by atoms with van der Waals surface area (Å²) in [4.78, 5) is 0. The zero-order valence-corrected chi connectivity index (χ0v) is 12.7. The van der Waals surface area contributed by atoms with Crippen molar-refractivity contribution in [3.05, 3.63) is 22.1 Å². The molecule has 2 rings (SSSR count). The van der Waals surface area contributed by atoms with E-state index in [1.165, 1.54) is 0 Å². The predicted molar refractivity (Wildman–Crippen MR) is 75.2 cm³/mol. The molecule has 0 radical (unpaired) electrons. The standard InChI is InChI=1S/C12H19ClN6/c1-7-8(10(13)18(5)16-7)6-19-9(12(2,3)4)11(14)15-17-19/h6,14H2,1-5H3. The van der Waals surface area contributed by atoms with E-state index in [0.717, 1.165) is 17.0 Å². The molecule has 0 aliphatic heterocycles. The summed E-state index contributed by atoms with van der Waals surface area (Å²) < 4.78 is 3.45. The van der Waals surface area contributed by atoms with Crippen LogP contribution in [0.25, 0.3) is 0 Å². The Morgan fingerprint density at radius 1 is 1.32 bits per heavy atom. The second-order valence-electron chi connectivity index (χ2n) is 5.71. The van der Waals surface area contributed by atoms with Gasteiger partial charge in [0.1, 0.15) is 5.15 Å². The smallest absolute Gasteiger partial charge is 0.169 e. The fraction of sp³-hybridized carbons (Fsp3) is 0.583. The molecule has 0 saturated carbocycles. The van der Waals surface area contributed by atoms with Crippen LogP contribution in [0.3, 0.4) is 0 Å². The lowest BCUT2D eigenvalue weighted by atomic mass is 9.92. The van der Waals surface area contributed by atoms with Gasteiger partial charge in [0, 0.05) is 18.0 Å². The van der Waals surface area contributed by atoms with Gasteiger partial charge in [-0.15, -0.1) is 5.10 Å². The average Bonchev–Trinajstić information content (AvgIpc) is 2.74.